The van der Waals surface area contributed by atoms with Crippen LogP contribution in [-0.4, -0.2) is 41.7 Å². The molecule has 6 nitrogen and oxygen atoms in total. The Kier molecular flexibility index (Phi) is 4.57. The summed E-state index contributed by atoms with van der Waals surface area (Å²) in [5.74, 6) is 1.18. The standard InChI is InChI=1S/C14H20N2O4/c1-15(8-10-5-13(17)6-10)9-11-7-12(16(18)19)3-4-14(11)20-2/h3-4,7,10,13,17H,5-6,8-9H2,1-2H3. The number of methoxy groups -OCH3 is 1. The van der Waals surface area contributed by atoms with Crippen molar-refractivity contribution in [2.24, 2.45) is 5.92 Å². The van der Waals surface area contributed by atoms with Gasteiger partial charge in [-0.25, -0.2) is 0 Å². The van der Waals surface area contributed by atoms with Crippen molar-refractivity contribution < 1.29 is 14.8 Å². The molecular formula is C14H20N2O4. The first kappa shape index (κ1) is 14.7. The molecule has 1 aromatic carbocycles. The molecule has 0 atom stereocenters. The summed E-state index contributed by atoms with van der Waals surface area (Å²) in [6.45, 7) is 1.47. The van der Waals surface area contributed by atoms with Gasteiger partial charge in [-0.05, 0) is 31.9 Å². The van der Waals surface area contributed by atoms with Crippen LogP contribution < -0.4 is 4.74 Å². The molecule has 0 unspecified atom stereocenters. The number of hydrogen-bond acceptors (Lipinski definition) is 5. The number of nitro groups is 1. The molecule has 0 saturated heterocycles. The monoisotopic (exact) mass is 280 g/mol. The van der Waals surface area contributed by atoms with Crippen LogP contribution in [0.4, 0.5) is 5.69 Å². The van der Waals surface area contributed by atoms with E-state index in [1.807, 2.05) is 7.05 Å². The van der Waals surface area contributed by atoms with Crippen molar-refractivity contribution in [3.8, 4) is 5.75 Å². The van der Waals surface area contributed by atoms with Crippen LogP contribution in [0.25, 0.3) is 0 Å². The zero-order chi connectivity index (χ0) is 14.7. The molecule has 0 aliphatic heterocycles. The van der Waals surface area contributed by atoms with E-state index >= 15 is 0 Å². The fourth-order valence-electron chi connectivity index (χ4n) is 2.65. The number of aliphatic hydroxyl groups is 1. The highest BCUT2D eigenvalue weighted by atomic mass is 16.6. The van der Waals surface area contributed by atoms with Crippen LogP contribution in [0.3, 0.4) is 0 Å². The zero-order valence-corrected chi connectivity index (χ0v) is 11.8. The Morgan fingerprint density at radius 1 is 1.50 bits per heavy atom. The van der Waals surface area contributed by atoms with E-state index in [1.54, 1.807) is 19.2 Å². The van der Waals surface area contributed by atoms with Gasteiger partial charge in [-0.15, -0.1) is 0 Å². The van der Waals surface area contributed by atoms with Crippen LogP contribution in [0.15, 0.2) is 18.2 Å². The third kappa shape index (κ3) is 3.46. The van der Waals surface area contributed by atoms with Gasteiger partial charge in [0.2, 0.25) is 0 Å². The summed E-state index contributed by atoms with van der Waals surface area (Å²) in [5, 5.41) is 20.1. The third-order valence-corrected chi connectivity index (χ3v) is 3.70. The fourth-order valence-corrected chi connectivity index (χ4v) is 2.65. The summed E-state index contributed by atoms with van der Waals surface area (Å²) in [4.78, 5) is 12.5. The number of hydrogen-bond donors (Lipinski definition) is 1. The normalized spacial score (nSPS) is 21.6. The summed E-state index contributed by atoms with van der Waals surface area (Å²) >= 11 is 0. The van der Waals surface area contributed by atoms with Crippen LogP contribution in [0.1, 0.15) is 18.4 Å². The van der Waals surface area contributed by atoms with E-state index in [4.69, 9.17) is 4.74 Å². The molecule has 0 heterocycles. The highest BCUT2D eigenvalue weighted by molar-refractivity contribution is 5.43. The molecule has 0 radical (unpaired) electrons. The van der Waals surface area contributed by atoms with Gasteiger partial charge in [0.1, 0.15) is 5.75 Å². The maximum absolute atomic E-state index is 10.8. The molecule has 1 N–H and O–H groups in total. The van der Waals surface area contributed by atoms with E-state index in [2.05, 4.69) is 4.90 Å². The molecule has 20 heavy (non-hydrogen) atoms. The molecule has 6 heteroatoms. The first-order valence-electron chi connectivity index (χ1n) is 6.67. The van der Waals surface area contributed by atoms with Crippen LogP contribution >= 0.6 is 0 Å². The van der Waals surface area contributed by atoms with Gasteiger partial charge in [-0.1, -0.05) is 0 Å². The van der Waals surface area contributed by atoms with Crippen LogP contribution in [-0.2, 0) is 6.54 Å². The third-order valence-electron chi connectivity index (χ3n) is 3.70. The first-order chi connectivity index (χ1) is 9.49. The Labute approximate surface area is 118 Å². The number of rotatable bonds is 6. The molecule has 110 valence electrons. The highest BCUT2D eigenvalue weighted by Crippen LogP contribution is 2.29. The molecule has 1 fully saturated rings. The van der Waals surface area contributed by atoms with Crippen molar-refractivity contribution in [1.82, 2.24) is 4.90 Å². The Morgan fingerprint density at radius 2 is 2.20 bits per heavy atom. The van der Waals surface area contributed by atoms with E-state index in [9.17, 15) is 15.2 Å². The maximum atomic E-state index is 10.8. The second-order valence-electron chi connectivity index (χ2n) is 5.44. The molecule has 2 rings (SSSR count). The van der Waals surface area contributed by atoms with Gasteiger partial charge in [0.05, 0.1) is 18.1 Å². The lowest BCUT2D eigenvalue weighted by Crippen LogP contribution is -2.36. The van der Waals surface area contributed by atoms with Crippen molar-refractivity contribution >= 4 is 5.69 Å². The summed E-state index contributed by atoms with van der Waals surface area (Å²) in [6.07, 6.45) is 1.54. The Morgan fingerprint density at radius 3 is 2.75 bits per heavy atom. The van der Waals surface area contributed by atoms with E-state index in [1.165, 1.54) is 6.07 Å². The lowest BCUT2D eigenvalue weighted by Gasteiger charge is -2.34. The Bertz CT molecular complexity index is 486. The lowest BCUT2D eigenvalue weighted by atomic mass is 9.82. The number of benzene rings is 1. The average Bonchev–Trinajstić information content (AvgIpc) is 2.36. The zero-order valence-electron chi connectivity index (χ0n) is 11.8. The molecule has 0 amide bonds. The molecule has 0 spiro atoms. The quantitative estimate of drug-likeness (QED) is 0.635. The summed E-state index contributed by atoms with van der Waals surface area (Å²) in [6, 6.07) is 4.64. The minimum atomic E-state index is -0.398. The number of ether oxygens (including phenoxy) is 1. The molecular weight excluding hydrogens is 260 g/mol. The van der Waals surface area contributed by atoms with Crippen molar-refractivity contribution in [1.29, 1.82) is 0 Å². The number of nitro benzene ring substituents is 1. The van der Waals surface area contributed by atoms with Gasteiger partial charge in [-0.3, -0.25) is 10.1 Å². The average molecular weight is 280 g/mol. The predicted molar refractivity (Wildman–Crippen MR) is 74.7 cm³/mol. The number of aliphatic hydroxyl groups excluding tert-OH is 1. The van der Waals surface area contributed by atoms with Gasteiger partial charge in [0.15, 0.2) is 0 Å². The Balaban J connectivity index is 2.02. The smallest absolute Gasteiger partial charge is 0.270 e. The van der Waals surface area contributed by atoms with Gasteiger partial charge in [-0.2, -0.15) is 0 Å². The number of nitrogens with zero attached hydrogens (tertiary/aromatic N) is 2. The maximum Gasteiger partial charge on any atom is 0.270 e. The minimum absolute atomic E-state index is 0.0771. The summed E-state index contributed by atoms with van der Waals surface area (Å²) in [5.41, 5.74) is 0.886. The highest BCUT2D eigenvalue weighted by Gasteiger charge is 2.28. The Hall–Kier alpha value is -1.66. The largest absolute Gasteiger partial charge is 0.496 e. The molecule has 0 bridgehead atoms. The fraction of sp³-hybridized carbons (Fsp3) is 0.571. The SMILES string of the molecule is COc1ccc([N+](=O)[O-])cc1CN(C)CC1CC(O)C1. The van der Waals surface area contributed by atoms with Gasteiger partial charge >= 0.3 is 0 Å². The van der Waals surface area contributed by atoms with Crippen molar-refractivity contribution in [2.45, 2.75) is 25.5 Å². The molecule has 0 aromatic heterocycles. The second kappa shape index (κ2) is 6.19. The van der Waals surface area contributed by atoms with Crippen LogP contribution in [0.2, 0.25) is 0 Å². The van der Waals surface area contributed by atoms with Crippen LogP contribution in [0, 0.1) is 16.0 Å². The predicted octanol–water partition coefficient (Wildman–Crippen LogP) is 1.81. The molecule has 1 aliphatic rings. The van der Waals surface area contributed by atoms with Gasteiger partial charge in [0, 0.05) is 30.8 Å². The lowest BCUT2D eigenvalue weighted by molar-refractivity contribution is -0.384. The van der Waals surface area contributed by atoms with E-state index in [0.29, 0.717) is 18.2 Å². The topological polar surface area (TPSA) is 75.8 Å². The van der Waals surface area contributed by atoms with E-state index in [0.717, 1.165) is 24.9 Å². The van der Waals surface area contributed by atoms with Gasteiger partial charge < -0.3 is 14.7 Å². The summed E-state index contributed by atoms with van der Waals surface area (Å²) < 4.78 is 5.25. The summed E-state index contributed by atoms with van der Waals surface area (Å²) in [7, 11) is 3.54. The van der Waals surface area contributed by atoms with Crippen LogP contribution in [0.5, 0.6) is 5.75 Å². The molecule has 1 saturated carbocycles. The number of non-ortho nitro benzene ring substituents is 1. The van der Waals surface area contributed by atoms with E-state index < -0.39 is 4.92 Å². The molecule has 1 aliphatic carbocycles. The second-order valence-corrected chi connectivity index (χ2v) is 5.44. The van der Waals surface area contributed by atoms with Crippen molar-refractivity contribution in [3.05, 3.63) is 33.9 Å². The van der Waals surface area contributed by atoms with Gasteiger partial charge in [0.25, 0.3) is 5.69 Å². The minimum Gasteiger partial charge on any atom is -0.496 e. The van der Waals surface area contributed by atoms with E-state index in [-0.39, 0.29) is 11.8 Å². The molecule has 1 aromatic rings. The first-order valence-corrected chi connectivity index (χ1v) is 6.67. The van der Waals surface area contributed by atoms with Crippen molar-refractivity contribution in [2.75, 3.05) is 20.7 Å². The van der Waals surface area contributed by atoms with Crippen molar-refractivity contribution in [3.63, 3.8) is 0 Å².